The Morgan fingerprint density at radius 2 is 2.19 bits per heavy atom. The van der Waals surface area contributed by atoms with Gasteiger partial charge in [0.15, 0.2) is 11.5 Å². The topological polar surface area (TPSA) is 79.4 Å². The maximum Gasteiger partial charge on any atom is 0.338 e. The predicted octanol–water partition coefficient (Wildman–Crippen LogP) is 3.02. The minimum absolute atomic E-state index is 0.241. The zero-order valence-electron chi connectivity index (χ0n) is 12.4. The molecule has 0 fully saturated rings. The van der Waals surface area contributed by atoms with E-state index in [4.69, 9.17) is 15.2 Å². The Labute approximate surface area is 123 Å². The Morgan fingerprint density at radius 1 is 1.43 bits per heavy atom. The number of carbonyl (C=O) groups is 1. The number of nitrogens with zero attached hydrogens (tertiary/aromatic N) is 2. The molecule has 0 bridgehead atoms. The lowest BCUT2D eigenvalue weighted by Gasteiger charge is -2.09. The first-order valence-electron chi connectivity index (χ1n) is 6.80. The molecule has 0 saturated carbocycles. The molecule has 21 heavy (non-hydrogen) atoms. The molecule has 0 spiro atoms. The molecule has 0 radical (unpaired) electrons. The van der Waals surface area contributed by atoms with Gasteiger partial charge in [-0.1, -0.05) is 0 Å². The number of benzene rings is 1. The van der Waals surface area contributed by atoms with Crippen molar-refractivity contribution in [2.24, 2.45) is 0 Å². The van der Waals surface area contributed by atoms with Crippen LogP contribution in [0.5, 0.6) is 11.5 Å². The summed E-state index contributed by atoms with van der Waals surface area (Å²) < 4.78 is 12.4. The second-order valence-electron chi connectivity index (χ2n) is 4.82. The summed E-state index contributed by atoms with van der Waals surface area (Å²) in [4.78, 5) is 11.7. The van der Waals surface area contributed by atoms with Gasteiger partial charge in [-0.3, -0.25) is 4.68 Å². The molecule has 2 aromatic rings. The van der Waals surface area contributed by atoms with Crippen molar-refractivity contribution in [3.8, 4) is 11.5 Å². The number of nitrogens with two attached hydrogens (primary N) is 1. The Balaban J connectivity index is 2.22. The molecular weight excluding hydrogens is 270 g/mol. The molecule has 2 N–H and O–H groups in total. The molecule has 1 heterocycles. The van der Waals surface area contributed by atoms with E-state index in [9.17, 15) is 4.79 Å². The predicted molar refractivity (Wildman–Crippen MR) is 79.5 cm³/mol. The molecule has 112 valence electrons. The SMILES string of the molecule is CCOC(=O)c1ccc(N)c(Oc2cnn(C(C)C)c2)c1. The average Bonchev–Trinajstić information content (AvgIpc) is 2.90. The van der Waals surface area contributed by atoms with Crippen molar-refractivity contribution in [1.29, 1.82) is 0 Å². The summed E-state index contributed by atoms with van der Waals surface area (Å²) in [5.74, 6) is 0.570. The zero-order chi connectivity index (χ0) is 15.4. The van der Waals surface area contributed by atoms with Crippen LogP contribution in [0.1, 0.15) is 37.2 Å². The van der Waals surface area contributed by atoms with E-state index in [1.807, 2.05) is 13.8 Å². The van der Waals surface area contributed by atoms with E-state index in [-0.39, 0.29) is 6.04 Å². The first kappa shape index (κ1) is 14.9. The van der Waals surface area contributed by atoms with Crippen molar-refractivity contribution in [3.05, 3.63) is 36.2 Å². The van der Waals surface area contributed by atoms with E-state index in [1.165, 1.54) is 0 Å². The summed E-state index contributed by atoms with van der Waals surface area (Å²) >= 11 is 0. The highest BCUT2D eigenvalue weighted by molar-refractivity contribution is 5.90. The lowest BCUT2D eigenvalue weighted by molar-refractivity contribution is 0.0526. The summed E-state index contributed by atoms with van der Waals surface area (Å²) in [5, 5.41) is 4.19. The van der Waals surface area contributed by atoms with Gasteiger partial charge in [0.2, 0.25) is 0 Å². The number of carbonyl (C=O) groups excluding carboxylic acids is 1. The number of nitrogen functional groups attached to an aromatic ring is 1. The van der Waals surface area contributed by atoms with Crippen LogP contribution >= 0.6 is 0 Å². The van der Waals surface area contributed by atoms with Gasteiger partial charge in [0.25, 0.3) is 0 Å². The van der Waals surface area contributed by atoms with Crippen molar-refractivity contribution in [1.82, 2.24) is 9.78 Å². The second-order valence-corrected chi connectivity index (χ2v) is 4.82. The summed E-state index contributed by atoms with van der Waals surface area (Å²) in [6.07, 6.45) is 3.39. The van der Waals surface area contributed by atoms with Gasteiger partial charge in [-0.05, 0) is 39.0 Å². The Bertz CT molecular complexity index is 635. The monoisotopic (exact) mass is 289 g/mol. The number of esters is 1. The molecule has 0 aliphatic rings. The van der Waals surface area contributed by atoms with E-state index in [2.05, 4.69) is 5.10 Å². The fourth-order valence-corrected chi connectivity index (χ4v) is 1.75. The standard InChI is InChI=1S/C15H19N3O3/c1-4-20-15(19)11-5-6-13(16)14(7-11)21-12-8-17-18(9-12)10(2)3/h5-10H,4,16H2,1-3H3. The van der Waals surface area contributed by atoms with Crippen molar-refractivity contribution < 1.29 is 14.3 Å². The molecule has 1 aromatic heterocycles. The highest BCUT2D eigenvalue weighted by atomic mass is 16.5. The first-order chi connectivity index (χ1) is 10.0. The Hall–Kier alpha value is -2.50. The van der Waals surface area contributed by atoms with Crippen LogP contribution in [-0.2, 0) is 4.74 Å². The number of ether oxygens (including phenoxy) is 2. The molecule has 1 aromatic carbocycles. The van der Waals surface area contributed by atoms with Gasteiger partial charge in [-0.2, -0.15) is 5.10 Å². The van der Waals surface area contributed by atoms with Gasteiger partial charge in [0, 0.05) is 6.04 Å². The maximum absolute atomic E-state index is 11.7. The molecule has 0 aliphatic heterocycles. The highest BCUT2D eigenvalue weighted by Crippen LogP contribution is 2.29. The molecule has 6 nitrogen and oxygen atoms in total. The largest absolute Gasteiger partial charge is 0.462 e. The van der Waals surface area contributed by atoms with Crippen LogP contribution in [0, 0.1) is 0 Å². The third kappa shape index (κ3) is 3.53. The summed E-state index contributed by atoms with van der Waals surface area (Å²) in [6, 6.07) is 5.04. The van der Waals surface area contributed by atoms with Gasteiger partial charge in [0.1, 0.15) is 0 Å². The quantitative estimate of drug-likeness (QED) is 0.676. The molecule has 2 rings (SSSR count). The van der Waals surface area contributed by atoms with Crippen molar-refractivity contribution in [3.63, 3.8) is 0 Å². The number of hydrogen-bond donors (Lipinski definition) is 1. The van der Waals surface area contributed by atoms with E-state index in [0.29, 0.717) is 29.4 Å². The third-order valence-electron chi connectivity index (χ3n) is 2.86. The average molecular weight is 289 g/mol. The molecule has 0 atom stereocenters. The summed E-state index contributed by atoms with van der Waals surface area (Å²) in [7, 11) is 0. The van der Waals surface area contributed by atoms with Crippen LogP contribution in [0.3, 0.4) is 0 Å². The minimum atomic E-state index is -0.403. The number of aromatic nitrogens is 2. The lowest BCUT2D eigenvalue weighted by Crippen LogP contribution is -2.05. The van der Waals surface area contributed by atoms with Gasteiger partial charge in [0.05, 0.1) is 30.3 Å². The fraction of sp³-hybridized carbons (Fsp3) is 0.333. The number of hydrogen-bond acceptors (Lipinski definition) is 5. The Kier molecular flexibility index (Phi) is 4.47. The van der Waals surface area contributed by atoms with Crippen LogP contribution in [-0.4, -0.2) is 22.4 Å². The number of rotatable bonds is 5. The molecular formula is C15H19N3O3. The van der Waals surface area contributed by atoms with E-state index in [1.54, 1.807) is 42.2 Å². The van der Waals surface area contributed by atoms with Crippen molar-refractivity contribution in [2.45, 2.75) is 26.8 Å². The third-order valence-corrected chi connectivity index (χ3v) is 2.86. The van der Waals surface area contributed by atoms with Crippen LogP contribution in [0.4, 0.5) is 5.69 Å². The summed E-state index contributed by atoms with van der Waals surface area (Å²) in [5.41, 5.74) is 6.72. The second kappa shape index (κ2) is 6.30. The van der Waals surface area contributed by atoms with E-state index >= 15 is 0 Å². The van der Waals surface area contributed by atoms with Crippen molar-refractivity contribution >= 4 is 11.7 Å². The van der Waals surface area contributed by atoms with Crippen LogP contribution < -0.4 is 10.5 Å². The normalized spacial score (nSPS) is 10.7. The van der Waals surface area contributed by atoms with Gasteiger partial charge in [-0.15, -0.1) is 0 Å². The maximum atomic E-state index is 11.7. The molecule has 0 unspecified atom stereocenters. The Morgan fingerprint density at radius 3 is 2.81 bits per heavy atom. The minimum Gasteiger partial charge on any atom is -0.462 e. The first-order valence-corrected chi connectivity index (χ1v) is 6.80. The highest BCUT2D eigenvalue weighted by Gasteiger charge is 2.12. The van der Waals surface area contributed by atoms with Gasteiger partial charge in [-0.25, -0.2) is 4.79 Å². The van der Waals surface area contributed by atoms with E-state index < -0.39 is 5.97 Å². The van der Waals surface area contributed by atoms with Crippen molar-refractivity contribution in [2.75, 3.05) is 12.3 Å². The molecule has 0 amide bonds. The molecule has 0 saturated heterocycles. The number of anilines is 1. The summed E-state index contributed by atoms with van der Waals surface area (Å²) in [6.45, 7) is 6.12. The molecule has 6 heteroatoms. The fourth-order valence-electron chi connectivity index (χ4n) is 1.75. The molecule has 0 aliphatic carbocycles. The van der Waals surface area contributed by atoms with Crippen LogP contribution in [0.25, 0.3) is 0 Å². The van der Waals surface area contributed by atoms with Crippen LogP contribution in [0.15, 0.2) is 30.6 Å². The zero-order valence-corrected chi connectivity index (χ0v) is 12.4. The van der Waals surface area contributed by atoms with Gasteiger partial charge < -0.3 is 15.2 Å². The lowest BCUT2D eigenvalue weighted by atomic mass is 10.2. The van der Waals surface area contributed by atoms with E-state index in [0.717, 1.165) is 0 Å². The smallest absolute Gasteiger partial charge is 0.338 e. The van der Waals surface area contributed by atoms with Crippen LogP contribution in [0.2, 0.25) is 0 Å². The van der Waals surface area contributed by atoms with Gasteiger partial charge >= 0.3 is 5.97 Å².